The third-order valence-corrected chi connectivity index (χ3v) is 5.68. The molecule has 0 aliphatic rings. The van der Waals surface area contributed by atoms with Gasteiger partial charge in [0.05, 0.1) is 18.1 Å². The van der Waals surface area contributed by atoms with Crippen LogP contribution in [0.2, 0.25) is 0 Å². The zero-order chi connectivity index (χ0) is 22.3. The SMILES string of the molecule is COc1ccc(S(=O)(=O)N[C@H](C(=O)NCc2ccc(OC(C)C)nc2)C(C)C)cc1. The molecule has 0 spiro atoms. The second-order valence-corrected chi connectivity index (χ2v) is 9.12. The lowest BCUT2D eigenvalue weighted by Gasteiger charge is -2.21. The summed E-state index contributed by atoms with van der Waals surface area (Å²) in [6, 6.07) is 8.59. The van der Waals surface area contributed by atoms with Crippen LogP contribution in [0, 0.1) is 5.92 Å². The highest BCUT2D eigenvalue weighted by molar-refractivity contribution is 7.89. The molecule has 1 amide bonds. The Morgan fingerprint density at radius 1 is 1.07 bits per heavy atom. The van der Waals surface area contributed by atoms with Crippen molar-refractivity contribution in [2.75, 3.05) is 7.11 Å². The first-order chi connectivity index (χ1) is 14.1. The molecule has 2 N–H and O–H groups in total. The molecule has 0 saturated heterocycles. The molecule has 0 saturated carbocycles. The largest absolute Gasteiger partial charge is 0.497 e. The molecule has 0 aliphatic carbocycles. The molecular weight excluding hydrogens is 406 g/mol. The van der Waals surface area contributed by atoms with Gasteiger partial charge in [-0.3, -0.25) is 4.79 Å². The number of aromatic nitrogens is 1. The van der Waals surface area contributed by atoms with E-state index in [1.165, 1.54) is 19.2 Å². The zero-order valence-corrected chi connectivity index (χ0v) is 18.7. The van der Waals surface area contributed by atoms with Gasteiger partial charge < -0.3 is 14.8 Å². The highest BCUT2D eigenvalue weighted by Gasteiger charge is 2.28. The topological polar surface area (TPSA) is 107 Å². The molecule has 2 rings (SSSR count). The second-order valence-electron chi connectivity index (χ2n) is 7.41. The van der Waals surface area contributed by atoms with Crippen molar-refractivity contribution in [1.29, 1.82) is 0 Å². The van der Waals surface area contributed by atoms with Crippen LogP contribution in [0.15, 0.2) is 47.5 Å². The van der Waals surface area contributed by atoms with Crippen LogP contribution in [0.4, 0.5) is 0 Å². The van der Waals surface area contributed by atoms with Crippen LogP contribution in [0.5, 0.6) is 11.6 Å². The molecule has 0 bridgehead atoms. The van der Waals surface area contributed by atoms with Gasteiger partial charge in [-0.1, -0.05) is 19.9 Å². The summed E-state index contributed by atoms with van der Waals surface area (Å²) in [4.78, 5) is 16.9. The summed E-state index contributed by atoms with van der Waals surface area (Å²) >= 11 is 0. The number of hydrogen-bond donors (Lipinski definition) is 2. The summed E-state index contributed by atoms with van der Waals surface area (Å²) < 4.78 is 38.4. The molecule has 1 aromatic carbocycles. The lowest BCUT2D eigenvalue weighted by atomic mass is 10.0. The van der Waals surface area contributed by atoms with Crippen LogP contribution < -0.4 is 19.5 Å². The molecule has 0 radical (unpaired) electrons. The molecule has 0 unspecified atom stereocenters. The first-order valence-corrected chi connectivity index (χ1v) is 11.2. The third-order valence-electron chi connectivity index (χ3n) is 4.22. The van der Waals surface area contributed by atoms with Crippen molar-refractivity contribution in [1.82, 2.24) is 15.0 Å². The van der Waals surface area contributed by atoms with E-state index >= 15 is 0 Å². The Balaban J connectivity index is 2.03. The monoisotopic (exact) mass is 435 g/mol. The Labute approximate surface area is 178 Å². The molecule has 1 atom stereocenters. The summed E-state index contributed by atoms with van der Waals surface area (Å²) in [7, 11) is -2.37. The number of sulfonamides is 1. The summed E-state index contributed by atoms with van der Waals surface area (Å²) in [5.74, 6) is 0.389. The molecule has 1 heterocycles. The van der Waals surface area contributed by atoms with Gasteiger partial charge in [-0.15, -0.1) is 0 Å². The van der Waals surface area contributed by atoms with Gasteiger partial charge in [0, 0.05) is 18.8 Å². The quantitative estimate of drug-likeness (QED) is 0.594. The minimum Gasteiger partial charge on any atom is -0.497 e. The highest BCUT2D eigenvalue weighted by atomic mass is 32.2. The molecule has 1 aromatic heterocycles. The smallest absolute Gasteiger partial charge is 0.241 e. The third kappa shape index (κ3) is 6.70. The average Bonchev–Trinajstić information content (AvgIpc) is 2.70. The molecule has 0 aliphatic heterocycles. The summed E-state index contributed by atoms with van der Waals surface area (Å²) in [5.41, 5.74) is 0.778. The number of carbonyl (C=O) groups excluding carboxylic acids is 1. The first kappa shape index (κ1) is 23.6. The minimum atomic E-state index is -3.87. The number of amides is 1. The van der Waals surface area contributed by atoms with Crippen molar-refractivity contribution >= 4 is 15.9 Å². The standard InChI is InChI=1S/C21H29N3O5S/c1-14(2)20(24-30(26,27)18-9-7-17(28-5)8-10-18)21(25)23-13-16-6-11-19(22-12-16)29-15(3)4/h6-12,14-15,20,24H,13H2,1-5H3,(H,23,25)/t20-/m0/s1. The van der Waals surface area contributed by atoms with Crippen molar-refractivity contribution in [2.45, 2.75) is 51.3 Å². The normalized spacial score (nSPS) is 12.6. The lowest BCUT2D eigenvalue weighted by molar-refractivity contribution is -0.123. The predicted octanol–water partition coefficient (Wildman–Crippen LogP) is 2.50. The maximum absolute atomic E-state index is 12.7. The minimum absolute atomic E-state index is 0.0218. The summed E-state index contributed by atoms with van der Waals surface area (Å²) in [6.07, 6.45) is 1.64. The number of rotatable bonds is 10. The van der Waals surface area contributed by atoms with E-state index in [0.717, 1.165) is 5.56 Å². The van der Waals surface area contributed by atoms with E-state index in [1.807, 2.05) is 13.8 Å². The van der Waals surface area contributed by atoms with E-state index < -0.39 is 22.0 Å². The van der Waals surface area contributed by atoms with Crippen molar-refractivity contribution in [3.8, 4) is 11.6 Å². The van der Waals surface area contributed by atoms with E-state index in [4.69, 9.17) is 9.47 Å². The predicted molar refractivity (Wildman–Crippen MR) is 114 cm³/mol. The van der Waals surface area contributed by atoms with Gasteiger partial charge in [0.25, 0.3) is 0 Å². The van der Waals surface area contributed by atoms with Crippen LogP contribution in [0.3, 0.4) is 0 Å². The summed E-state index contributed by atoms with van der Waals surface area (Å²) in [5, 5.41) is 2.77. The van der Waals surface area contributed by atoms with E-state index in [1.54, 1.807) is 44.3 Å². The Kier molecular flexibility index (Phi) is 8.19. The van der Waals surface area contributed by atoms with Crippen molar-refractivity contribution in [3.63, 3.8) is 0 Å². The van der Waals surface area contributed by atoms with Crippen LogP contribution in [-0.2, 0) is 21.4 Å². The Bertz CT molecular complexity index is 926. The number of benzene rings is 1. The molecule has 0 fully saturated rings. The number of pyridine rings is 1. The van der Waals surface area contributed by atoms with E-state index in [9.17, 15) is 13.2 Å². The number of methoxy groups -OCH3 is 1. The average molecular weight is 436 g/mol. The Hall–Kier alpha value is -2.65. The van der Waals surface area contributed by atoms with Crippen LogP contribution >= 0.6 is 0 Å². The van der Waals surface area contributed by atoms with E-state index in [2.05, 4.69) is 15.0 Å². The van der Waals surface area contributed by atoms with Crippen LogP contribution in [-0.4, -0.2) is 38.6 Å². The van der Waals surface area contributed by atoms with Crippen LogP contribution in [0.1, 0.15) is 33.3 Å². The van der Waals surface area contributed by atoms with Crippen molar-refractivity contribution in [3.05, 3.63) is 48.2 Å². The van der Waals surface area contributed by atoms with Gasteiger partial charge in [0.15, 0.2) is 0 Å². The van der Waals surface area contributed by atoms with Gasteiger partial charge in [-0.2, -0.15) is 4.72 Å². The van der Waals surface area contributed by atoms with Gasteiger partial charge in [-0.25, -0.2) is 13.4 Å². The maximum atomic E-state index is 12.7. The summed E-state index contributed by atoms with van der Waals surface area (Å²) in [6.45, 7) is 7.60. The number of nitrogens with one attached hydrogen (secondary N) is 2. The first-order valence-electron chi connectivity index (χ1n) is 9.68. The number of carbonyl (C=O) groups is 1. The number of ether oxygens (including phenoxy) is 2. The molecule has 164 valence electrons. The molecular formula is C21H29N3O5S. The molecule has 9 heteroatoms. The van der Waals surface area contributed by atoms with Gasteiger partial charge in [-0.05, 0) is 49.6 Å². The molecule has 2 aromatic rings. The molecule has 30 heavy (non-hydrogen) atoms. The fraction of sp³-hybridized carbons (Fsp3) is 0.429. The van der Waals surface area contributed by atoms with E-state index in [-0.39, 0.29) is 23.5 Å². The van der Waals surface area contributed by atoms with Crippen LogP contribution in [0.25, 0.3) is 0 Å². The Morgan fingerprint density at radius 3 is 2.23 bits per heavy atom. The van der Waals surface area contributed by atoms with E-state index in [0.29, 0.717) is 11.6 Å². The highest BCUT2D eigenvalue weighted by Crippen LogP contribution is 2.17. The number of hydrogen-bond acceptors (Lipinski definition) is 6. The van der Waals surface area contributed by atoms with Gasteiger partial charge in [0.1, 0.15) is 11.8 Å². The maximum Gasteiger partial charge on any atom is 0.241 e. The lowest BCUT2D eigenvalue weighted by Crippen LogP contribution is -2.49. The van der Waals surface area contributed by atoms with Gasteiger partial charge in [0.2, 0.25) is 21.8 Å². The molecule has 8 nitrogen and oxygen atoms in total. The zero-order valence-electron chi connectivity index (χ0n) is 17.9. The fourth-order valence-electron chi connectivity index (χ4n) is 2.61. The van der Waals surface area contributed by atoms with Crippen molar-refractivity contribution < 1.29 is 22.7 Å². The van der Waals surface area contributed by atoms with Crippen molar-refractivity contribution in [2.24, 2.45) is 5.92 Å². The fourth-order valence-corrected chi connectivity index (χ4v) is 3.95. The second kappa shape index (κ2) is 10.4. The van der Waals surface area contributed by atoms with Gasteiger partial charge >= 0.3 is 0 Å². The Morgan fingerprint density at radius 2 is 1.73 bits per heavy atom. The number of nitrogens with zero attached hydrogens (tertiary/aromatic N) is 1.